The molecule has 0 atom stereocenters. The van der Waals surface area contributed by atoms with Gasteiger partial charge in [-0.25, -0.2) is 4.79 Å². The minimum absolute atomic E-state index is 0.363. The molecule has 1 aromatic heterocycles. The highest BCUT2D eigenvalue weighted by molar-refractivity contribution is 7.08. The van der Waals surface area contributed by atoms with Crippen LogP contribution in [0.2, 0.25) is 0 Å². The fourth-order valence-electron chi connectivity index (χ4n) is 4.39. The van der Waals surface area contributed by atoms with E-state index in [2.05, 4.69) is 45.9 Å². The molecule has 3 aromatic rings. The number of aryl methyl sites for hydroxylation is 1. The van der Waals surface area contributed by atoms with Crippen LogP contribution in [0.5, 0.6) is 0 Å². The van der Waals surface area contributed by atoms with Crippen molar-refractivity contribution >= 4 is 23.1 Å². The Hall–Kier alpha value is -2.63. The molecular formula is C28H34N2O2S. The van der Waals surface area contributed by atoms with Crippen molar-refractivity contribution in [1.82, 2.24) is 4.90 Å². The normalized spacial score (nSPS) is 14.2. The van der Waals surface area contributed by atoms with Gasteiger partial charge in [-0.2, -0.15) is 11.3 Å². The van der Waals surface area contributed by atoms with Gasteiger partial charge in [0.2, 0.25) is 0 Å². The van der Waals surface area contributed by atoms with Crippen molar-refractivity contribution < 1.29 is 9.53 Å². The lowest BCUT2D eigenvalue weighted by Crippen LogP contribution is -2.30. The number of nitrogens with zero attached hydrogens (tertiary/aromatic N) is 1. The van der Waals surface area contributed by atoms with Crippen molar-refractivity contribution in [3.8, 4) is 11.1 Å². The summed E-state index contributed by atoms with van der Waals surface area (Å²) in [6.07, 6.45) is 8.10. The van der Waals surface area contributed by atoms with Crippen LogP contribution in [0.15, 0.2) is 65.4 Å². The number of benzene rings is 2. The third-order valence-corrected chi connectivity index (χ3v) is 6.96. The van der Waals surface area contributed by atoms with Gasteiger partial charge in [-0.05, 0) is 91.3 Å². The molecule has 0 aliphatic carbocycles. The SMILES string of the molecule is O=C(Nc1ccccc1-c1ccsc1)OCCc1ccc(CCCCN2CCCCC2)cc1. The first-order valence-electron chi connectivity index (χ1n) is 12.1. The molecule has 4 nitrogen and oxygen atoms in total. The monoisotopic (exact) mass is 462 g/mol. The van der Waals surface area contributed by atoms with Crippen LogP contribution in [0.4, 0.5) is 10.5 Å². The number of piperidine rings is 1. The summed E-state index contributed by atoms with van der Waals surface area (Å²) in [6, 6.07) is 18.6. The van der Waals surface area contributed by atoms with Gasteiger partial charge in [-0.15, -0.1) is 0 Å². The summed E-state index contributed by atoms with van der Waals surface area (Å²) in [5.74, 6) is 0. The van der Waals surface area contributed by atoms with E-state index in [1.54, 1.807) is 11.3 Å². The molecule has 4 rings (SSSR count). The number of hydrogen-bond donors (Lipinski definition) is 1. The number of amides is 1. The van der Waals surface area contributed by atoms with E-state index in [4.69, 9.17) is 4.74 Å². The average molecular weight is 463 g/mol. The first-order valence-corrected chi connectivity index (χ1v) is 13.1. The summed E-state index contributed by atoms with van der Waals surface area (Å²) < 4.78 is 5.44. The number of likely N-dealkylation sites (tertiary alicyclic amines) is 1. The number of thiophene rings is 1. The van der Waals surface area contributed by atoms with Crippen LogP contribution in [0.1, 0.15) is 43.2 Å². The zero-order valence-corrected chi connectivity index (χ0v) is 20.1. The number of hydrogen-bond acceptors (Lipinski definition) is 4. The van der Waals surface area contributed by atoms with E-state index < -0.39 is 6.09 Å². The number of nitrogens with one attached hydrogen (secondary N) is 1. The zero-order valence-electron chi connectivity index (χ0n) is 19.3. The Labute approximate surface area is 201 Å². The number of carbonyl (C=O) groups is 1. The van der Waals surface area contributed by atoms with Gasteiger partial charge in [0.15, 0.2) is 0 Å². The van der Waals surface area contributed by atoms with Gasteiger partial charge in [0.1, 0.15) is 0 Å². The van der Waals surface area contributed by atoms with Gasteiger partial charge in [0.25, 0.3) is 0 Å². The molecule has 5 heteroatoms. The van der Waals surface area contributed by atoms with E-state index in [-0.39, 0.29) is 0 Å². The molecule has 1 fully saturated rings. The fraction of sp³-hybridized carbons (Fsp3) is 0.393. The second-order valence-corrected chi connectivity index (χ2v) is 9.52. The summed E-state index contributed by atoms with van der Waals surface area (Å²) in [5, 5.41) is 6.99. The number of para-hydroxylation sites is 1. The van der Waals surface area contributed by atoms with Gasteiger partial charge in [0, 0.05) is 12.0 Å². The molecule has 1 aliphatic rings. The molecule has 0 radical (unpaired) electrons. The molecule has 33 heavy (non-hydrogen) atoms. The lowest BCUT2D eigenvalue weighted by Gasteiger charge is -2.26. The maximum atomic E-state index is 12.3. The number of carbonyl (C=O) groups excluding carboxylic acids is 1. The minimum Gasteiger partial charge on any atom is -0.449 e. The van der Waals surface area contributed by atoms with Crippen LogP contribution in [0, 0.1) is 0 Å². The molecule has 1 amide bonds. The van der Waals surface area contributed by atoms with Gasteiger partial charge < -0.3 is 9.64 Å². The highest BCUT2D eigenvalue weighted by atomic mass is 32.1. The Bertz CT molecular complexity index is 979. The van der Waals surface area contributed by atoms with Crippen LogP contribution in [-0.4, -0.2) is 37.2 Å². The Balaban J connectivity index is 1.15. The van der Waals surface area contributed by atoms with Crippen molar-refractivity contribution in [3.63, 3.8) is 0 Å². The number of anilines is 1. The number of rotatable bonds is 10. The van der Waals surface area contributed by atoms with Crippen molar-refractivity contribution in [2.45, 2.75) is 44.9 Å². The van der Waals surface area contributed by atoms with Crippen LogP contribution < -0.4 is 5.32 Å². The van der Waals surface area contributed by atoms with Crippen LogP contribution in [-0.2, 0) is 17.6 Å². The van der Waals surface area contributed by atoms with E-state index in [0.29, 0.717) is 6.61 Å². The Morgan fingerprint density at radius 3 is 2.42 bits per heavy atom. The highest BCUT2D eigenvalue weighted by Gasteiger charge is 2.10. The smallest absolute Gasteiger partial charge is 0.411 e. The summed E-state index contributed by atoms with van der Waals surface area (Å²) in [7, 11) is 0. The Kier molecular flexibility index (Phi) is 8.96. The predicted octanol–water partition coefficient (Wildman–Crippen LogP) is 7.01. The van der Waals surface area contributed by atoms with Crippen LogP contribution >= 0.6 is 11.3 Å². The van der Waals surface area contributed by atoms with E-state index in [0.717, 1.165) is 29.7 Å². The first-order chi connectivity index (χ1) is 16.3. The van der Waals surface area contributed by atoms with Gasteiger partial charge >= 0.3 is 6.09 Å². The summed E-state index contributed by atoms with van der Waals surface area (Å²) in [5.41, 5.74) is 5.45. The first kappa shape index (κ1) is 23.5. The number of unbranched alkanes of at least 4 members (excludes halogenated alkanes) is 1. The predicted molar refractivity (Wildman–Crippen MR) is 138 cm³/mol. The van der Waals surface area contributed by atoms with Crippen molar-refractivity contribution in [3.05, 3.63) is 76.5 Å². The minimum atomic E-state index is -0.414. The summed E-state index contributed by atoms with van der Waals surface area (Å²) in [4.78, 5) is 14.9. The quantitative estimate of drug-likeness (QED) is 0.329. The topological polar surface area (TPSA) is 41.6 Å². The molecule has 2 aromatic carbocycles. The molecule has 0 saturated carbocycles. The van der Waals surface area contributed by atoms with E-state index in [1.807, 2.05) is 29.6 Å². The lowest BCUT2D eigenvalue weighted by molar-refractivity contribution is 0.163. The second kappa shape index (κ2) is 12.6. The summed E-state index contributed by atoms with van der Waals surface area (Å²) >= 11 is 1.64. The maximum Gasteiger partial charge on any atom is 0.411 e. The van der Waals surface area contributed by atoms with Crippen molar-refractivity contribution in [1.29, 1.82) is 0 Å². The van der Waals surface area contributed by atoms with Crippen LogP contribution in [0.25, 0.3) is 11.1 Å². The Morgan fingerprint density at radius 1 is 0.909 bits per heavy atom. The molecule has 174 valence electrons. The molecule has 1 N–H and O–H groups in total. The van der Waals surface area contributed by atoms with Crippen molar-refractivity contribution in [2.75, 3.05) is 31.6 Å². The van der Waals surface area contributed by atoms with E-state index in [9.17, 15) is 4.79 Å². The van der Waals surface area contributed by atoms with Crippen LogP contribution in [0.3, 0.4) is 0 Å². The van der Waals surface area contributed by atoms with Gasteiger partial charge in [-0.3, -0.25) is 5.32 Å². The zero-order chi connectivity index (χ0) is 22.7. The summed E-state index contributed by atoms with van der Waals surface area (Å²) in [6.45, 7) is 4.18. The molecular weight excluding hydrogens is 428 g/mol. The number of ether oxygens (including phenoxy) is 1. The molecule has 2 heterocycles. The van der Waals surface area contributed by atoms with E-state index >= 15 is 0 Å². The molecule has 0 bridgehead atoms. The molecule has 1 saturated heterocycles. The molecule has 0 spiro atoms. The van der Waals surface area contributed by atoms with Gasteiger partial charge in [-0.1, -0.05) is 48.9 Å². The standard InChI is InChI=1S/C28H34N2O2S/c31-28(29-27-10-3-2-9-26(27)25-16-21-33-22-25)32-20-15-24-13-11-23(12-14-24)8-4-7-19-30-17-5-1-6-18-30/h2-3,9-14,16,21-22H,1,4-8,15,17-20H2,(H,29,31). The molecule has 1 aliphatic heterocycles. The Morgan fingerprint density at radius 2 is 1.67 bits per heavy atom. The van der Waals surface area contributed by atoms with Crippen molar-refractivity contribution in [2.24, 2.45) is 0 Å². The average Bonchev–Trinajstić information content (AvgIpc) is 3.39. The van der Waals surface area contributed by atoms with E-state index in [1.165, 1.54) is 62.9 Å². The van der Waals surface area contributed by atoms with Gasteiger partial charge in [0.05, 0.1) is 12.3 Å². The second-order valence-electron chi connectivity index (χ2n) is 8.74. The highest BCUT2D eigenvalue weighted by Crippen LogP contribution is 2.29. The third-order valence-electron chi connectivity index (χ3n) is 6.28. The maximum absolute atomic E-state index is 12.3. The molecule has 0 unspecified atom stereocenters. The fourth-order valence-corrected chi connectivity index (χ4v) is 5.05. The lowest BCUT2D eigenvalue weighted by atomic mass is 10.0. The third kappa shape index (κ3) is 7.44. The largest absolute Gasteiger partial charge is 0.449 e.